The van der Waals surface area contributed by atoms with Gasteiger partial charge in [-0.3, -0.25) is 14.5 Å². The zero-order chi connectivity index (χ0) is 25.2. The van der Waals surface area contributed by atoms with Gasteiger partial charge in [0.25, 0.3) is 0 Å². The molecule has 4 heterocycles. The minimum Gasteiger partial charge on any atom is -0.475 e. The van der Waals surface area contributed by atoms with Crippen LogP contribution in [0.2, 0.25) is 0 Å². The molecule has 0 aliphatic carbocycles. The molecule has 4 aromatic rings. The van der Waals surface area contributed by atoms with Gasteiger partial charge in [-0.25, -0.2) is 14.6 Å². The highest BCUT2D eigenvalue weighted by molar-refractivity contribution is 5.79. The van der Waals surface area contributed by atoms with Gasteiger partial charge in [-0.1, -0.05) is 11.6 Å². The summed E-state index contributed by atoms with van der Waals surface area (Å²) in [6.07, 6.45) is 0.542. The zero-order valence-electron chi connectivity index (χ0n) is 18.9. The largest absolute Gasteiger partial charge is 0.490 e. The first-order valence-electron chi connectivity index (χ1n) is 11.0. The van der Waals surface area contributed by atoms with Crippen molar-refractivity contribution in [1.29, 1.82) is 0 Å². The Morgan fingerprint density at radius 3 is 2.57 bits per heavy atom. The van der Waals surface area contributed by atoms with Gasteiger partial charge in [0, 0.05) is 43.5 Å². The summed E-state index contributed by atoms with van der Waals surface area (Å²) in [6, 6.07) is 12.6. The predicted molar refractivity (Wildman–Crippen MR) is 124 cm³/mol. The maximum atomic E-state index is 12.4. The molecule has 0 unspecified atom stereocenters. The fraction of sp³-hybridized carbons (Fsp3) is 0.333. The number of hydrogen-bond acceptors (Lipinski definition) is 5. The molecule has 0 amide bonds. The number of nitrogens with one attached hydrogen (secondary N) is 1. The molecule has 8 nitrogen and oxygen atoms in total. The van der Waals surface area contributed by atoms with Gasteiger partial charge in [0.15, 0.2) is 5.65 Å². The average Bonchev–Trinajstić information content (AvgIpc) is 3.15. The van der Waals surface area contributed by atoms with Crippen molar-refractivity contribution >= 4 is 28.0 Å². The molecule has 1 aromatic carbocycles. The van der Waals surface area contributed by atoms with Crippen molar-refractivity contribution in [2.45, 2.75) is 38.5 Å². The minimum absolute atomic E-state index is 0.0544. The Balaban J connectivity index is 0.000000364. The molecule has 1 saturated heterocycles. The first-order chi connectivity index (χ1) is 16.6. The Morgan fingerprint density at radius 2 is 1.89 bits per heavy atom. The second kappa shape index (κ2) is 9.87. The molecule has 184 valence electrons. The van der Waals surface area contributed by atoms with Crippen LogP contribution in [0.3, 0.4) is 0 Å². The third-order valence-corrected chi connectivity index (χ3v) is 5.94. The Hall–Kier alpha value is -3.73. The van der Waals surface area contributed by atoms with E-state index in [4.69, 9.17) is 9.90 Å². The second-order valence-electron chi connectivity index (χ2n) is 8.52. The SMILES string of the molecule is Cc1ccc2ncc(CN3CCC(n4c(=O)[nH]c5cccnc54)CC3)cc2c1.O=C(O)C(F)(F)F. The molecule has 0 radical (unpaired) electrons. The normalized spacial score (nSPS) is 15.2. The van der Waals surface area contributed by atoms with Gasteiger partial charge in [0.1, 0.15) is 0 Å². The number of nitrogens with zero attached hydrogens (tertiary/aromatic N) is 4. The lowest BCUT2D eigenvalue weighted by Gasteiger charge is -2.32. The number of carboxylic acids is 1. The third-order valence-electron chi connectivity index (χ3n) is 5.94. The molecule has 1 aliphatic heterocycles. The summed E-state index contributed by atoms with van der Waals surface area (Å²) in [5.74, 6) is -2.76. The van der Waals surface area contributed by atoms with E-state index in [9.17, 15) is 18.0 Å². The molecule has 5 rings (SSSR count). The van der Waals surface area contributed by atoms with Crippen LogP contribution in [-0.4, -0.2) is 54.8 Å². The van der Waals surface area contributed by atoms with Crippen LogP contribution in [0.25, 0.3) is 22.1 Å². The molecule has 1 aliphatic rings. The van der Waals surface area contributed by atoms with E-state index in [1.54, 1.807) is 6.20 Å². The van der Waals surface area contributed by atoms with Crippen molar-refractivity contribution in [3.8, 4) is 0 Å². The maximum Gasteiger partial charge on any atom is 0.490 e. The molecular formula is C24H24F3N5O3. The van der Waals surface area contributed by atoms with E-state index in [1.165, 1.54) is 16.5 Å². The van der Waals surface area contributed by atoms with Gasteiger partial charge < -0.3 is 10.1 Å². The lowest BCUT2D eigenvalue weighted by Crippen LogP contribution is -2.36. The second-order valence-corrected chi connectivity index (χ2v) is 8.52. The number of aliphatic carboxylic acids is 1. The minimum atomic E-state index is -5.08. The van der Waals surface area contributed by atoms with Crippen LogP contribution in [0.4, 0.5) is 13.2 Å². The zero-order valence-corrected chi connectivity index (χ0v) is 18.9. The van der Waals surface area contributed by atoms with E-state index >= 15 is 0 Å². The number of halogens is 3. The molecule has 35 heavy (non-hydrogen) atoms. The number of fused-ring (bicyclic) bond motifs is 2. The molecule has 0 spiro atoms. The molecule has 0 bridgehead atoms. The van der Waals surface area contributed by atoms with E-state index in [-0.39, 0.29) is 11.7 Å². The molecule has 11 heteroatoms. The van der Waals surface area contributed by atoms with Crippen LogP contribution in [0.15, 0.2) is 53.6 Å². The van der Waals surface area contributed by atoms with E-state index in [1.807, 2.05) is 22.9 Å². The predicted octanol–water partition coefficient (Wildman–Crippen LogP) is 4.05. The Kier molecular flexibility index (Phi) is 6.88. The van der Waals surface area contributed by atoms with Crippen molar-refractivity contribution < 1.29 is 23.1 Å². The van der Waals surface area contributed by atoms with Crippen molar-refractivity contribution in [2.75, 3.05) is 13.1 Å². The van der Waals surface area contributed by atoms with Crippen molar-refractivity contribution in [3.05, 3.63) is 70.4 Å². The van der Waals surface area contributed by atoms with Gasteiger partial charge in [0.05, 0.1) is 11.0 Å². The van der Waals surface area contributed by atoms with Gasteiger partial charge in [-0.2, -0.15) is 13.2 Å². The number of aromatic nitrogens is 4. The summed E-state index contributed by atoms with van der Waals surface area (Å²) in [5, 5.41) is 8.32. The third kappa shape index (κ3) is 5.68. The van der Waals surface area contributed by atoms with Crippen molar-refractivity contribution in [3.63, 3.8) is 0 Å². The standard InChI is InChI=1S/C22H23N5O.C2HF3O2/c1-15-4-5-19-17(11-15)12-16(13-24-19)14-26-9-6-18(7-10-26)27-21-20(25-22(27)28)3-2-8-23-21;3-2(4,5)1(6)7/h2-5,8,11-13,18H,6-7,9-10,14H2,1H3,(H,25,28);(H,6,7). The Bertz CT molecular complexity index is 1410. The summed E-state index contributed by atoms with van der Waals surface area (Å²) in [5.41, 5.74) is 5.06. The number of carbonyl (C=O) groups is 1. The van der Waals surface area contributed by atoms with Crippen LogP contribution in [0, 0.1) is 6.92 Å². The molecule has 0 atom stereocenters. The fourth-order valence-corrected chi connectivity index (χ4v) is 4.27. The smallest absolute Gasteiger partial charge is 0.475 e. The number of aryl methyl sites for hydroxylation is 1. The monoisotopic (exact) mass is 487 g/mol. The number of H-pyrrole nitrogens is 1. The number of likely N-dealkylation sites (tertiary alicyclic amines) is 1. The number of imidazole rings is 1. The average molecular weight is 487 g/mol. The fourth-order valence-electron chi connectivity index (χ4n) is 4.27. The summed E-state index contributed by atoms with van der Waals surface area (Å²) in [4.78, 5) is 35.7. The highest BCUT2D eigenvalue weighted by Gasteiger charge is 2.38. The van der Waals surface area contributed by atoms with Crippen LogP contribution in [-0.2, 0) is 11.3 Å². The van der Waals surface area contributed by atoms with Crippen LogP contribution < -0.4 is 5.69 Å². The summed E-state index contributed by atoms with van der Waals surface area (Å²) >= 11 is 0. The van der Waals surface area contributed by atoms with Gasteiger partial charge >= 0.3 is 17.8 Å². The van der Waals surface area contributed by atoms with Crippen molar-refractivity contribution in [1.82, 2.24) is 24.4 Å². The highest BCUT2D eigenvalue weighted by Crippen LogP contribution is 2.25. The number of alkyl halides is 3. The van der Waals surface area contributed by atoms with Crippen LogP contribution in [0.5, 0.6) is 0 Å². The van der Waals surface area contributed by atoms with E-state index in [0.29, 0.717) is 0 Å². The molecule has 0 saturated carbocycles. The number of benzene rings is 1. The van der Waals surface area contributed by atoms with Crippen LogP contribution >= 0.6 is 0 Å². The topological polar surface area (TPSA) is 104 Å². The Labute approximate surface area is 198 Å². The van der Waals surface area contributed by atoms with Gasteiger partial charge in [-0.05, 0) is 55.7 Å². The van der Waals surface area contributed by atoms with Gasteiger partial charge in [-0.15, -0.1) is 0 Å². The highest BCUT2D eigenvalue weighted by atomic mass is 19.4. The summed E-state index contributed by atoms with van der Waals surface area (Å²) < 4.78 is 33.6. The number of rotatable bonds is 3. The number of piperidine rings is 1. The first kappa shape index (κ1) is 24.4. The molecule has 3 aromatic heterocycles. The van der Waals surface area contributed by atoms with Crippen molar-refractivity contribution in [2.24, 2.45) is 0 Å². The maximum absolute atomic E-state index is 12.4. The Morgan fingerprint density at radius 1 is 1.17 bits per heavy atom. The molecular weight excluding hydrogens is 463 g/mol. The molecule has 1 fully saturated rings. The first-order valence-corrected chi connectivity index (χ1v) is 11.0. The van der Waals surface area contributed by atoms with Gasteiger partial charge in [0.2, 0.25) is 0 Å². The molecule has 2 N–H and O–H groups in total. The number of aromatic amines is 1. The van der Waals surface area contributed by atoms with E-state index < -0.39 is 12.1 Å². The number of carboxylic acid groups (broad SMARTS) is 1. The summed E-state index contributed by atoms with van der Waals surface area (Å²) in [7, 11) is 0. The number of pyridine rings is 2. The lowest BCUT2D eigenvalue weighted by atomic mass is 10.0. The quantitative estimate of drug-likeness (QED) is 0.452. The van der Waals surface area contributed by atoms with E-state index in [2.05, 4.69) is 51.0 Å². The van der Waals surface area contributed by atoms with Crippen LogP contribution in [0.1, 0.15) is 30.0 Å². The lowest BCUT2D eigenvalue weighted by molar-refractivity contribution is -0.192. The van der Waals surface area contributed by atoms with E-state index in [0.717, 1.165) is 49.2 Å². The number of hydrogen-bond donors (Lipinski definition) is 2. The summed E-state index contributed by atoms with van der Waals surface area (Å²) in [6.45, 7) is 4.92.